The lowest BCUT2D eigenvalue weighted by atomic mass is 10.0. The summed E-state index contributed by atoms with van der Waals surface area (Å²) < 4.78 is 70.8. The molecule has 4 aromatic rings. The second-order valence-corrected chi connectivity index (χ2v) is 14.7. The van der Waals surface area contributed by atoms with Gasteiger partial charge in [0.15, 0.2) is 0 Å². The monoisotopic (exact) mass is 699 g/mol. The molecule has 0 fully saturated rings. The number of aryl methyl sites for hydroxylation is 1. The maximum atomic E-state index is 14.5. The Balaban J connectivity index is 1.87. The van der Waals surface area contributed by atoms with Gasteiger partial charge in [0.2, 0.25) is 11.8 Å². The highest BCUT2D eigenvalue weighted by Crippen LogP contribution is 2.38. The minimum atomic E-state index is -4.90. The molecule has 0 saturated carbocycles. The van der Waals surface area contributed by atoms with Gasteiger partial charge < -0.3 is 10.2 Å². The van der Waals surface area contributed by atoms with Crippen LogP contribution in [0.25, 0.3) is 0 Å². The molecule has 12 heteroatoms. The molecule has 1 atom stereocenters. The van der Waals surface area contributed by atoms with Crippen LogP contribution < -0.4 is 9.62 Å². The van der Waals surface area contributed by atoms with Crippen LogP contribution in [0.3, 0.4) is 0 Å². The Hall–Kier alpha value is -4.35. The van der Waals surface area contributed by atoms with E-state index in [1.807, 2.05) is 18.2 Å². The molecule has 0 saturated heterocycles. The summed E-state index contributed by atoms with van der Waals surface area (Å²) in [5.74, 6) is -1.28. The summed E-state index contributed by atoms with van der Waals surface area (Å²) in [5.41, 5.74) is -0.193. The van der Waals surface area contributed by atoms with Gasteiger partial charge in [0.1, 0.15) is 12.6 Å². The first kappa shape index (κ1) is 36.5. The van der Waals surface area contributed by atoms with Gasteiger partial charge in [-0.2, -0.15) is 13.2 Å². The average Bonchev–Trinajstić information content (AvgIpc) is 3.01. The zero-order valence-electron chi connectivity index (χ0n) is 27.0. The number of alkyl halides is 3. The van der Waals surface area contributed by atoms with Crippen molar-refractivity contribution in [2.45, 2.75) is 63.3 Å². The second-order valence-electron chi connectivity index (χ2n) is 12.4. The number of benzene rings is 4. The van der Waals surface area contributed by atoms with Gasteiger partial charge in [0, 0.05) is 18.5 Å². The van der Waals surface area contributed by atoms with E-state index < -0.39 is 62.4 Å². The molecule has 0 aliphatic rings. The zero-order valence-corrected chi connectivity index (χ0v) is 28.5. The Morgan fingerprint density at radius 1 is 0.833 bits per heavy atom. The minimum absolute atomic E-state index is 0.0818. The number of carbonyl (C=O) groups excluding carboxylic acids is 2. The Kier molecular flexibility index (Phi) is 11.3. The van der Waals surface area contributed by atoms with Crippen LogP contribution in [0.15, 0.2) is 108 Å². The fourth-order valence-corrected chi connectivity index (χ4v) is 6.67. The fourth-order valence-electron chi connectivity index (χ4n) is 5.04. The summed E-state index contributed by atoms with van der Waals surface area (Å²) in [7, 11) is -4.61. The van der Waals surface area contributed by atoms with Crippen LogP contribution >= 0.6 is 11.6 Å². The van der Waals surface area contributed by atoms with Crippen molar-refractivity contribution in [3.8, 4) is 0 Å². The third-order valence-electron chi connectivity index (χ3n) is 7.40. The van der Waals surface area contributed by atoms with Crippen molar-refractivity contribution in [1.82, 2.24) is 10.2 Å². The number of rotatable bonds is 11. The van der Waals surface area contributed by atoms with Crippen LogP contribution in [-0.2, 0) is 38.8 Å². The molecule has 0 aliphatic carbocycles. The standard InChI is InChI=1S/C36H37ClF3N3O4S/c1-25-15-18-29(19-16-25)48(46,47)43(28-17-20-31(37)30(22-28)36(38,39)40)24-33(44)42(23-27-13-9-6-10-14-27)32(34(45)41-35(2,3)4)21-26-11-7-5-8-12-26/h5-20,22,32H,21,23-24H2,1-4H3,(H,41,45)/t32-/m0/s1. The van der Waals surface area contributed by atoms with E-state index in [2.05, 4.69) is 5.32 Å². The number of halogens is 4. The maximum Gasteiger partial charge on any atom is 0.417 e. The molecule has 254 valence electrons. The molecular formula is C36H37ClF3N3O4S. The van der Waals surface area contributed by atoms with Gasteiger partial charge in [-0.1, -0.05) is 90.0 Å². The predicted molar refractivity (Wildman–Crippen MR) is 181 cm³/mol. The van der Waals surface area contributed by atoms with E-state index in [-0.39, 0.29) is 17.9 Å². The number of hydrogen-bond acceptors (Lipinski definition) is 4. The molecule has 1 N–H and O–H groups in total. The van der Waals surface area contributed by atoms with Gasteiger partial charge in [-0.3, -0.25) is 13.9 Å². The third kappa shape index (κ3) is 9.38. The molecule has 0 bridgehead atoms. The first-order chi connectivity index (χ1) is 22.5. The second kappa shape index (κ2) is 14.8. The van der Waals surface area contributed by atoms with E-state index in [0.29, 0.717) is 15.9 Å². The maximum absolute atomic E-state index is 14.5. The molecule has 7 nitrogen and oxygen atoms in total. The summed E-state index contributed by atoms with van der Waals surface area (Å²) in [5, 5.41) is 2.31. The Morgan fingerprint density at radius 3 is 1.94 bits per heavy atom. The Labute approximate surface area is 284 Å². The molecule has 4 aromatic carbocycles. The number of nitrogens with one attached hydrogen (secondary N) is 1. The molecule has 0 spiro atoms. The average molecular weight is 700 g/mol. The molecule has 0 aromatic heterocycles. The number of amides is 2. The van der Waals surface area contributed by atoms with Gasteiger partial charge in [-0.15, -0.1) is 0 Å². The molecule has 0 radical (unpaired) electrons. The molecular weight excluding hydrogens is 663 g/mol. The first-order valence-electron chi connectivity index (χ1n) is 15.1. The van der Waals surface area contributed by atoms with Crippen molar-refractivity contribution < 1.29 is 31.2 Å². The normalized spacial score (nSPS) is 12.7. The summed E-state index contributed by atoms with van der Waals surface area (Å²) in [6.07, 6.45) is -4.81. The van der Waals surface area contributed by atoms with Crippen molar-refractivity contribution in [2.24, 2.45) is 0 Å². The molecule has 48 heavy (non-hydrogen) atoms. The van der Waals surface area contributed by atoms with Crippen molar-refractivity contribution in [2.75, 3.05) is 10.8 Å². The number of hydrogen-bond donors (Lipinski definition) is 1. The zero-order chi connectivity index (χ0) is 35.3. The SMILES string of the molecule is Cc1ccc(S(=O)(=O)N(CC(=O)N(Cc2ccccc2)[C@@H](Cc2ccccc2)C(=O)NC(C)(C)C)c2ccc(Cl)c(C(F)(F)F)c2)cc1. The lowest BCUT2D eigenvalue weighted by Crippen LogP contribution is -2.56. The summed E-state index contributed by atoms with van der Waals surface area (Å²) in [6, 6.07) is 25.2. The van der Waals surface area contributed by atoms with Crippen molar-refractivity contribution in [3.05, 3.63) is 130 Å². The molecule has 4 rings (SSSR count). The van der Waals surface area contributed by atoms with Crippen molar-refractivity contribution >= 4 is 39.1 Å². The van der Waals surface area contributed by atoms with Crippen LogP contribution in [0.5, 0.6) is 0 Å². The topological polar surface area (TPSA) is 86.8 Å². The van der Waals surface area contributed by atoms with Crippen LogP contribution in [0, 0.1) is 6.92 Å². The van der Waals surface area contributed by atoms with Crippen molar-refractivity contribution in [1.29, 1.82) is 0 Å². The number of sulfonamides is 1. The van der Waals surface area contributed by atoms with Crippen LogP contribution in [0.1, 0.15) is 43.0 Å². The minimum Gasteiger partial charge on any atom is -0.350 e. The van der Waals surface area contributed by atoms with E-state index >= 15 is 0 Å². The first-order valence-corrected chi connectivity index (χ1v) is 16.9. The van der Waals surface area contributed by atoms with E-state index in [4.69, 9.17) is 11.6 Å². The molecule has 0 heterocycles. The van der Waals surface area contributed by atoms with Gasteiger partial charge in [0.05, 0.1) is 21.2 Å². The summed E-state index contributed by atoms with van der Waals surface area (Å²) in [4.78, 5) is 29.5. The van der Waals surface area contributed by atoms with Gasteiger partial charge in [-0.25, -0.2) is 8.42 Å². The third-order valence-corrected chi connectivity index (χ3v) is 9.51. The van der Waals surface area contributed by atoms with Crippen LogP contribution in [0.4, 0.5) is 18.9 Å². The Morgan fingerprint density at radius 2 is 1.40 bits per heavy atom. The van der Waals surface area contributed by atoms with E-state index in [9.17, 15) is 31.2 Å². The summed E-state index contributed by atoms with van der Waals surface area (Å²) >= 11 is 5.88. The smallest absolute Gasteiger partial charge is 0.350 e. The van der Waals surface area contributed by atoms with Crippen molar-refractivity contribution in [3.63, 3.8) is 0 Å². The van der Waals surface area contributed by atoms with Gasteiger partial charge >= 0.3 is 6.18 Å². The van der Waals surface area contributed by atoms with Crippen LogP contribution in [0.2, 0.25) is 5.02 Å². The van der Waals surface area contributed by atoms with Gasteiger partial charge in [0.25, 0.3) is 10.0 Å². The highest BCUT2D eigenvalue weighted by molar-refractivity contribution is 7.92. The lowest BCUT2D eigenvalue weighted by molar-refractivity contribution is -0.140. The molecule has 0 unspecified atom stereocenters. The number of carbonyl (C=O) groups is 2. The number of nitrogens with zero attached hydrogens (tertiary/aromatic N) is 2. The highest BCUT2D eigenvalue weighted by Gasteiger charge is 2.38. The fraction of sp³-hybridized carbons (Fsp3) is 0.278. The lowest BCUT2D eigenvalue weighted by Gasteiger charge is -2.35. The van der Waals surface area contributed by atoms with Gasteiger partial charge in [-0.05, 0) is 69.2 Å². The van der Waals surface area contributed by atoms with E-state index in [1.165, 1.54) is 17.0 Å². The predicted octanol–water partition coefficient (Wildman–Crippen LogP) is 7.42. The largest absolute Gasteiger partial charge is 0.417 e. The van der Waals surface area contributed by atoms with E-state index in [0.717, 1.165) is 23.3 Å². The highest BCUT2D eigenvalue weighted by atomic mass is 35.5. The summed E-state index contributed by atoms with van der Waals surface area (Å²) in [6.45, 7) is 6.15. The molecule has 0 aliphatic heterocycles. The van der Waals surface area contributed by atoms with E-state index in [1.54, 1.807) is 82.3 Å². The number of anilines is 1. The quantitative estimate of drug-likeness (QED) is 0.177. The molecule has 2 amide bonds. The Bertz CT molecular complexity index is 1830. The van der Waals surface area contributed by atoms with Crippen LogP contribution in [-0.4, -0.2) is 43.3 Å².